The zero-order valence-corrected chi connectivity index (χ0v) is 17.7. The monoisotopic (exact) mass is 407 g/mol. The van der Waals surface area contributed by atoms with Crippen LogP contribution in [0.1, 0.15) is 58.4 Å². The molecule has 2 aliphatic rings. The molecule has 0 atom stereocenters. The Balaban J connectivity index is 1.41. The van der Waals surface area contributed by atoms with Gasteiger partial charge in [0.05, 0.1) is 5.41 Å². The summed E-state index contributed by atoms with van der Waals surface area (Å²) in [6, 6.07) is 12.8. The summed E-state index contributed by atoms with van der Waals surface area (Å²) >= 11 is 0. The number of imide groups is 1. The first-order chi connectivity index (χ1) is 14.3. The summed E-state index contributed by atoms with van der Waals surface area (Å²) in [5.41, 5.74) is 3.81. The molecule has 1 saturated heterocycles. The van der Waals surface area contributed by atoms with E-state index in [4.69, 9.17) is 4.84 Å². The first kappa shape index (κ1) is 20.3. The fourth-order valence-electron chi connectivity index (χ4n) is 4.47. The van der Waals surface area contributed by atoms with Crippen LogP contribution in [0.5, 0.6) is 0 Å². The highest BCUT2D eigenvalue weighted by Crippen LogP contribution is 2.43. The lowest BCUT2D eigenvalue weighted by Crippen LogP contribution is -2.32. The molecule has 0 spiro atoms. The molecule has 6 heteroatoms. The van der Waals surface area contributed by atoms with E-state index >= 15 is 0 Å². The van der Waals surface area contributed by atoms with Crippen LogP contribution in [0.2, 0.25) is 0 Å². The topological polar surface area (TPSA) is 66.7 Å². The molecular weight excluding hydrogens is 380 g/mol. The van der Waals surface area contributed by atoms with Crippen LogP contribution < -0.4 is 0 Å². The number of unbranched alkanes of at least 4 members (excludes halogenated alkanes) is 1. The summed E-state index contributed by atoms with van der Waals surface area (Å²) < 4.78 is 2.35. The van der Waals surface area contributed by atoms with Gasteiger partial charge in [-0.25, -0.2) is 4.79 Å². The van der Waals surface area contributed by atoms with Crippen molar-refractivity contribution in [2.45, 2.75) is 58.3 Å². The second kappa shape index (κ2) is 7.67. The summed E-state index contributed by atoms with van der Waals surface area (Å²) in [6.07, 6.45) is 1.83. The molecule has 0 bridgehead atoms. The first-order valence-electron chi connectivity index (χ1n) is 10.5. The summed E-state index contributed by atoms with van der Waals surface area (Å²) in [5, 5.41) is 3.14. The third-order valence-corrected chi connectivity index (χ3v) is 6.34. The molecule has 30 heavy (non-hydrogen) atoms. The van der Waals surface area contributed by atoms with Gasteiger partial charge in [-0.05, 0) is 37.1 Å². The molecule has 0 aromatic heterocycles. The van der Waals surface area contributed by atoms with E-state index in [9.17, 15) is 14.4 Å². The Kier molecular flexibility index (Phi) is 5.18. The van der Waals surface area contributed by atoms with E-state index in [0.717, 1.165) is 13.0 Å². The van der Waals surface area contributed by atoms with Crippen LogP contribution in [0.3, 0.4) is 0 Å². The van der Waals surface area contributed by atoms with Crippen molar-refractivity contribution in [1.82, 2.24) is 5.06 Å². The molecule has 0 unspecified atom stereocenters. The van der Waals surface area contributed by atoms with Crippen molar-refractivity contribution in [3.63, 3.8) is 0 Å². The average molecular weight is 407 g/mol. The molecule has 0 aliphatic carbocycles. The van der Waals surface area contributed by atoms with Crippen molar-refractivity contribution in [3.05, 3.63) is 42.0 Å². The van der Waals surface area contributed by atoms with Crippen LogP contribution >= 0.6 is 0 Å². The molecule has 2 aromatic rings. The van der Waals surface area contributed by atoms with Crippen molar-refractivity contribution in [2.75, 3.05) is 6.54 Å². The van der Waals surface area contributed by atoms with Gasteiger partial charge in [-0.2, -0.15) is 4.58 Å². The molecule has 2 aromatic carbocycles. The van der Waals surface area contributed by atoms with E-state index in [2.05, 4.69) is 61.7 Å². The molecule has 6 nitrogen and oxygen atoms in total. The minimum absolute atomic E-state index is 0.0639. The summed E-state index contributed by atoms with van der Waals surface area (Å²) in [6.45, 7) is 7.49. The van der Waals surface area contributed by atoms with Crippen molar-refractivity contribution in [2.24, 2.45) is 0 Å². The van der Waals surface area contributed by atoms with Crippen molar-refractivity contribution >= 4 is 40.0 Å². The standard InChI is InChI=1S/C24H27N2O4/c1-16-24(2,3)23-18-9-5-4-8-17(18)11-12-19(23)25(16)15-7-6-10-22(29)30-26-20(27)13-14-21(26)28/h4-5,8-9,11-12H,6-7,10,13-15H2,1-3H3/q+1. The number of nitrogens with zero attached hydrogens (tertiary/aromatic N) is 2. The highest BCUT2D eigenvalue weighted by molar-refractivity contribution is 6.02. The Labute approximate surface area is 176 Å². The zero-order valence-electron chi connectivity index (χ0n) is 17.7. The number of benzene rings is 2. The molecule has 0 saturated carbocycles. The van der Waals surface area contributed by atoms with E-state index < -0.39 is 17.8 Å². The van der Waals surface area contributed by atoms with Gasteiger partial charge in [0.15, 0.2) is 5.71 Å². The lowest BCUT2D eigenvalue weighted by molar-refractivity contribution is -0.439. The number of hydrogen-bond donors (Lipinski definition) is 0. The van der Waals surface area contributed by atoms with Crippen LogP contribution in [0.25, 0.3) is 10.8 Å². The SMILES string of the molecule is CC1=[N+](CCCCC(=O)ON2C(=O)CCC2=O)c2ccc3ccccc3c2C1(C)C. The minimum Gasteiger partial charge on any atom is -0.330 e. The number of hydrogen-bond acceptors (Lipinski definition) is 4. The number of fused-ring (bicyclic) bond motifs is 3. The molecule has 0 radical (unpaired) electrons. The maximum atomic E-state index is 12.0. The molecule has 2 heterocycles. The van der Waals surface area contributed by atoms with Gasteiger partial charge in [-0.1, -0.05) is 24.3 Å². The van der Waals surface area contributed by atoms with E-state index in [0.29, 0.717) is 11.5 Å². The molecule has 0 N–H and O–H groups in total. The molecule has 2 aliphatic heterocycles. The molecule has 4 rings (SSSR count). The Morgan fingerprint density at radius 1 is 1.07 bits per heavy atom. The first-order valence-corrected chi connectivity index (χ1v) is 10.5. The maximum Gasteiger partial charge on any atom is 0.333 e. The van der Waals surface area contributed by atoms with Crippen molar-refractivity contribution in [1.29, 1.82) is 0 Å². The number of rotatable bonds is 6. The van der Waals surface area contributed by atoms with Crippen LogP contribution in [0.15, 0.2) is 36.4 Å². The van der Waals surface area contributed by atoms with Crippen molar-refractivity contribution < 1.29 is 23.8 Å². The molecule has 1 fully saturated rings. The van der Waals surface area contributed by atoms with Gasteiger partial charge < -0.3 is 4.84 Å². The predicted molar refractivity (Wildman–Crippen MR) is 113 cm³/mol. The summed E-state index contributed by atoms with van der Waals surface area (Å²) in [4.78, 5) is 40.1. The van der Waals surface area contributed by atoms with Crippen LogP contribution in [0.4, 0.5) is 5.69 Å². The van der Waals surface area contributed by atoms with Gasteiger partial charge in [0.25, 0.3) is 11.8 Å². The summed E-state index contributed by atoms with van der Waals surface area (Å²) in [7, 11) is 0. The quantitative estimate of drug-likeness (QED) is 0.412. The third kappa shape index (κ3) is 3.40. The fourth-order valence-corrected chi connectivity index (χ4v) is 4.47. The van der Waals surface area contributed by atoms with Crippen LogP contribution in [0, 0.1) is 0 Å². The normalized spacial score (nSPS) is 17.8. The lowest BCUT2D eigenvalue weighted by Gasteiger charge is -2.17. The minimum atomic E-state index is -0.535. The number of hydroxylamine groups is 2. The van der Waals surface area contributed by atoms with Crippen LogP contribution in [-0.2, 0) is 24.6 Å². The maximum absolute atomic E-state index is 12.0. The Hall–Kier alpha value is -3.02. The number of amides is 2. The van der Waals surface area contributed by atoms with E-state index in [-0.39, 0.29) is 24.7 Å². The van der Waals surface area contributed by atoms with Gasteiger partial charge in [-0.3, -0.25) is 9.59 Å². The van der Waals surface area contributed by atoms with E-state index in [1.807, 2.05) is 0 Å². The number of carbonyl (C=O) groups excluding carboxylic acids is 3. The zero-order chi connectivity index (χ0) is 21.5. The summed E-state index contributed by atoms with van der Waals surface area (Å²) in [5.74, 6) is -1.42. The molecular formula is C24H27N2O4+. The Bertz CT molecular complexity index is 1070. The van der Waals surface area contributed by atoms with E-state index in [1.54, 1.807) is 0 Å². The van der Waals surface area contributed by atoms with Crippen LogP contribution in [-0.4, -0.2) is 39.7 Å². The van der Waals surface area contributed by atoms with Gasteiger partial charge >= 0.3 is 5.97 Å². The Morgan fingerprint density at radius 2 is 1.77 bits per heavy atom. The Morgan fingerprint density at radius 3 is 2.50 bits per heavy atom. The third-order valence-electron chi connectivity index (χ3n) is 6.34. The largest absolute Gasteiger partial charge is 0.333 e. The highest BCUT2D eigenvalue weighted by Gasteiger charge is 2.43. The molecule has 2 amide bonds. The van der Waals surface area contributed by atoms with Gasteiger partial charge in [0.1, 0.15) is 6.54 Å². The van der Waals surface area contributed by atoms with Crippen molar-refractivity contribution in [3.8, 4) is 0 Å². The lowest BCUT2D eigenvalue weighted by atomic mass is 9.80. The highest BCUT2D eigenvalue weighted by atomic mass is 16.7. The fraction of sp³-hybridized carbons (Fsp3) is 0.417. The van der Waals surface area contributed by atoms with E-state index in [1.165, 1.54) is 27.7 Å². The molecule has 156 valence electrons. The second-order valence-electron chi connectivity index (χ2n) is 8.55. The second-order valence-corrected chi connectivity index (χ2v) is 8.55. The van der Waals surface area contributed by atoms with Gasteiger partial charge in [0, 0.05) is 44.2 Å². The van der Waals surface area contributed by atoms with Gasteiger partial charge in [-0.15, -0.1) is 5.06 Å². The van der Waals surface area contributed by atoms with Gasteiger partial charge in [0.2, 0.25) is 5.69 Å². The smallest absolute Gasteiger partial charge is 0.330 e. The number of carbonyl (C=O) groups is 3. The average Bonchev–Trinajstić information content (AvgIpc) is 3.14. The predicted octanol–water partition coefficient (Wildman–Crippen LogP) is 4.01.